The van der Waals surface area contributed by atoms with Gasteiger partial charge < -0.3 is 15.2 Å². The van der Waals surface area contributed by atoms with Crippen LogP contribution in [0.25, 0.3) is 10.8 Å². The molecule has 1 saturated carbocycles. The molecule has 4 rings (SSSR count). The van der Waals surface area contributed by atoms with Crippen molar-refractivity contribution in [1.29, 1.82) is 0 Å². The first kappa shape index (κ1) is 23.6. The number of alkyl halides is 3. The number of carboxylic acids is 1. The van der Waals surface area contributed by atoms with Gasteiger partial charge in [0.05, 0.1) is 11.1 Å². The third kappa shape index (κ3) is 5.16. The highest BCUT2D eigenvalue weighted by molar-refractivity contribution is 6.04. The van der Waals surface area contributed by atoms with Crippen LogP contribution >= 0.6 is 0 Å². The molecule has 1 fully saturated rings. The van der Waals surface area contributed by atoms with Crippen LogP contribution in [-0.4, -0.2) is 23.0 Å². The predicted octanol–water partition coefficient (Wildman–Crippen LogP) is 5.81. The van der Waals surface area contributed by atoms with Crippen molar-refractivity contribution < 1.29 is 32.6 Å². The van der Waals surface area contributed by atoms with Gasteiger partial charge in [-0.25, -0.2) is 4.79 Å². The molecule has 0 heterocycles. The van der Waals surface area contributed by atoms with Crippen LogP contribution < -0.4 is 10.1 Å². The Morgan fingerprint density at radius 3 is 2.32 bits per heavy atom. The highest BCUT2D eigenvalue weighted by atomic mass is 19.4. The van der Waals surface area contributed by atoms with Gasteiger partial charge in [0.1, 0.15) is 18.4 Å². The Bertz CT molecular complexity index is 1180. The number of carbonyl (C=O) groups excluding carboxylic acids is 1. The fourth-order valence-electron chi connectivity index (χ4n) is 4.41. The summed E-state index contributed by atoms with van der Waals surface area (Å²) in [6, 6.07) is 14.2. The second kappa shape index (κ2) is 9.75. The number of nitrogens with one attached hydrogen (secondary N) is 1. The zero-order valence-electron chi connectivity index (χ0n) is 18.3. The number of ether oxygens (including phenoxy) is 1. The Balaban J connectivity index is 1.61. The lowest BCUT2D eigenvalue weighted by Gasteiger charge is -2.22. The third-order valence-corrected chi connectivity index (χ3v) is 6.21. The second-order valence-corrected chi connectivity index (χ2v) is 8.48. The van der Waals surface area contributed by atoms with E-state index in [0.717, 1.165) is 43.2 Å². The van der Waals surface area contributed by atoms with E-state index in [1.807, 2.05) is 12.1 Å². The Kier molecular flexibility index (Phi) is 6.77. The zero-order chi connectivity index (χ0) is 24.3. The molecule has 3 aromatic carbocycles. The number of carbonyl (C=O) groups is 2. The van der Waals surface area contributed by atoms with Gasteiger partial charge in [-0.2, -0.15) is 13.2 Å². The molecule has 1 atom stereocenters. The molecule has 0 aromatic heterocycles. The molecule has 1 aliphatic rings. The lowest BCUT2D eigenvalue weighted by atomic mass is 9.97. The van der Waals surface area contributed by atoms with Crippen LogP contribution in [0.3, 0.4) is 0 Å². The Morgan fingerprint density at radius 2 is 1.68 bits per heavy atom. The van der Waals surface area contributed by atoms with Crippen LogP contribution in [0.15, 0.2) is 60.7 Å². The van der Waals surface area contributed by atoms with E-state index in [0.29, 0.717) is 10.9 Å². The van der Waals surface area contributed by atoms with E-state index < -0.39 is 29.7 Å². The molecule has 0 aliphatic heterocycles. The summed E-state index contributed by atoms with van der Waals surface area (Å²) in [7, 11) is 0. The highest BCUT2D eigenvalue weighted by Gasteiger charge is 2.33. The van der Waals surface area contributed by atoms with Crippen LogP contribution in [0.1, 0.15) is 47.2 Å². The summed E-state index contributed by atoms with van der Waals surface area (Å²) in [4.78, 5) is 25.0. The SMILES string of the molecule is O=C(N[C@H](C(=O)O)C1CCCC1)c1ccc2ccccc2c1OCc1ccc(C(F)(F)F)cc1. The molecule has 34 heavy (non-hydrogen) atoms. The molecule has 8 heteroatoms. The van der Waals surface area contributed by atoms with Crippen LogP contribution in [0.2, 0.25) is 0 Å². The maximum Gasteiger partial charge on any atom is 0.416 e. The second-order valence-electron chi connectivity index (χ2n) is 8.48. The molecule has 5 nitrogen and oxygen atoms in total. The average molecular weight is 471 g/mol. The van der Waals surface area contributed by atoms with E-state index in [4.69, 9.17) is 4.74 Å². The van der Waals surface area contributed by atoms with Gasteiger partial charge in [-0.05, 0) is 47.9 Å². The lowest BCUT2D eigenvalue weighted by Crippen LogP contribution is -2.45. The molecule has 3 aromatic rings. The Labute approximate surface area is 194 Å². The number of hydrogen-bond acceptors (Lipinski definition) is 3. The number of benzene rings is 3. The number of aliphatic carboxylic acids is 1. The van der Waals surface area contributed by atoms with Crippen molar-refractivity contribution in [2.24, 2.45) is 5.92 Å². The van der Waals surface area contributed by atoms with Crippen molar-refractivity contribution in [2.45, 2.75) is 44.5 Å². The maximum absolute atomic E-state index is 13.2. The van der Waals surface area contributed by atoms with Crippen LogP contribution in [0.5, 0.6) is 5.75 Å². The van der Waals surface area contributed by atoms with Crippen molar-refractivity contribution in [3.63, 3.8) is 0 Å². The summed E-state index contributed by atoms with van der Waals surface area (Å²) >= 11 is 0. The molecule has 0 radical (unpaired) electrons. The fraction of sp³-hybridized carbons (Fsp3) is 0.308. The molecular weight excluding hydrogens is 447 g/mol. The smallest absolute Gasteiger partial charge is 0.416 e. The first-order valence-electron chi connectivity index (χ1n) is 11.1. The summed E-state index contributed by atoms with van der Waals surface area (Å²) in [5, 5.41) is 13.8. The van der Waals surface area contributed by atoms with Crippen molar-refractivity contribution in [3.8, 4) is 5.75 Å². The van der Waals surface area contributed by atoms with Gasteiger partial charge in [0.25, 0.3) is 5.91 Å². The molecule has 0 spiro atoms. The largest absolute Gasteiger partial charge is 0.487 e. The maximum atomic E-state index is 13.2. The molecule has 178 valence electrons. The normalized spacial score (nSPS) is 15.3. The predicted molar refractivity (Wildman–Crippen MR) is 121 cm³/mol. The quantitative estimate of drug-likeness (QED) is 0.456. The van der Waals surface area contributed by atoms with Crippen molar-refractivity contribution in [2.75, 3.05) is 0 Å². The molecule has 0 saturated heterocycles. The van der Waals surface area contributed by atoms with Crippen LogP contribution in [0, 0.1) is 5.92 Å². The van der Waals surface area contributed by atoms with E-state index in [2.05, 4.69) is 5.32 Å². The van der Waals surface area contributed by atoms with Crippen molar-refractivity contribution >= 4 is 22.6 Å². The van der Waals surface area contributed by atoms with E-state index in [9.17, 15) is 27.9 Å². The lowest BCUT2D eigenvalue weighted by molar-refractivity contribution is -0.140. The number of rotatable bonds is 7. The molecular formula is C26H24F3NO4. The summed E-state index contributed by atoms with van der Waals surface area (Å²) in [5.41, 5.74) is -0.0791. The monoisotopic (exact) mass is 471 g/mol. The van der Waals surface area contributed by atoms with Crippen LogP contribution in [0.4, 0.5) is 13.2 Å². The van der Waals surface area contributed by atoms with Gasteiger partial charge in [0.2, 0.25) is 0 Å². The van der Waals surface area contributed by atoms with Gasteiger partial charge >= 0.3 is 12.1 Å². The first-order chi connectivity index (χ1) is 16.2. The highest BCUT2D eigenvalue weighted by Crippen LogP contribution is 2.33. The number of hydrogen-bond donors (Lipinski definition) is 2. The third-order valence-electron chi connectivity index (χ3n) is 6.21. The Morgan fingerprint density at radius 1 is 1.00 bits per heavy atom. The zero-order valence-corrected chi connectivity index (χ0v) is 18.3. The van der Waals surface area contributed by atoms with Gasteiger partial charge in [-0.1, -0.05) is 55.3 Å². The summed E-state index contributed by atoms with van der Waals surface area (Å²) in [6.45, 7) is -0.0581. The number of halogens is 3. The number of amides is 1. The number of carboxylic acid groups (broad SMARTS) is 1. The number of fused-ring (bicyclic) bond motifs is 1. The van der Waals surface area contributed by atoms with E-state index in [-0.39, 0.29) is 23.8 Å². The van der Waals surface area contributed by atoms with E-state index in [1.54, 1.807) is 24.3 Å². The minimum atomic E-state index is -4.43. The molecule has 0 unspecified atom stereocenters. The summed E-state index contributed by atoms with van der Waals surface area (Å²) < 4.78 is 44.5. The first-order valence-corrected chi connectivity index (χ1v) is 11.1. The van der Waals surface area contributed by atoms with Crippen LogP contribution in [-0.2, 0) is 17.6 Å². The van der Waals surface area contributed by atoms with E-state index >= 15 is 0 Å². The summed E-state index contributed by atoms with van der Waals surface area (Å²) in [6.07, 6.45) is -1.08. The Hall–Kier alpha value is -3.55. The summed E-state index contributed by atoms with van der Waals surface area (Å²) in [5.74, 6) is -1.51. The standard InChI is InChI=1S/C26H24F3NO4/c27-26(28,29)19-12-9-16(10-13-19)15-34-23-20-8-4-3-5-17(20)11-14-21(23)24(31)30-22(25(32)33)18-6-1-2-7-18/h3-5,8-14,18,22H,1-2,6-7,15H2,(H,30,31)(H,32,33)/t22-/m0/s1. The molecule has 0 bridgehead atoms. The minimum Gasteiger partial charge on any atom is -0.487 e. The molecule has 1 amide bonds. The average Bonchev–Trinajstić information content (AvgIpc) is 3.34. The van der Waals surface area contributed by atoms with Gasteiger partial charge in [-0.15, -0.1) is 0 Å². The van der Waals surface area contributed by atoms with Crippen molar-refractivity contribution in [1.82, 2.24) is 5.32 Å². The topological polar surface area (TPSA) is 75.6 Å². The molecule has 1 aliphatic carbocycles. The van der Waals surface area contributed by atoms with E-state index in [1.165, 1.54) is 12.1 Å². The van der Waals surface area contributed by atoms with Gasteiger partial charge in [-0.3, -0.25) is 4.79 Å². The van der Waals surface area contributed by atoms with Crippen molar-refractivity contribution in [3.05, 3.63) is 77.4 Å². The fourth-order valence-corrected chi connectivity index (χ4v) is 4.41. The minimum absolute atomic E-state index is 0.0581. The van der Waals surface area contributed by atoms with Gasteiger partial charge in [0.15, 0.2) is 0 Å². The molecule has 2 N–H and O–H groups in total. The van der Waals surface area contributed by atoms with Gasteiger partial charge in [0, 0.05) is 5.39 Å².